The van der Waals surface area contributed by atoms with Crippen LogP contribution in [0.15, 0.2) is 0 Å². The Kier molecular flexibility index (Phi) is 6.30. The lowest BCUT2D eigenvalue weighted by Gasteiger charge is -2.31. The number of rotatable bonds is 4. The summed E-state index contributed by atoms with van der Waals surface area (Å²) in [5.74, 6) is -0.741. The number of likely N-dealkylation sites (tertiary alicyclic amines) is 1. The summed E-state index contributed by atoms with van der Waals surface area (Å²) in [6.07, 6.45) is 0.224. The van der Waals surface area contributed by atoms with Gasteiger partial charge in [0.05, 0.1) is 6.42 Å². The van der Waals surface area contributed by atoms with Crippen LogP contribution >= 0.6 is 0 Å². The third-order valence-electron chi connectivity index (χ3n) is 3.71. The summed E-state index contributed by atoms with van der Waals surface area (Å²) in [5.41, 5.74) is -2.19. The monoisotopic (exact) mass is 355 g/mol. The number of nitrogens with zero attached hydrogens (tertiary/aromatic N) is 1. The van der Waals surface area contributed by atoms with Crippen molar-refractivity contribution in [2.75, 3.05) is 6.54 Å². The number of amides is 2. The first kappa shape index (κ1) is 21.5. The average Bonchev–Trinajstić information content (AvgIpc) is 2.61. The van der Waals surface area contributed by atoms with Crippen LogP contribution < -0.4 is 0 Å². The van der Waals surface area contributed by atoms with Crippen LogP contribution in [0.5, 0.6) is 0 Å². The maximum absolute atomic E-state index is 12.9. The van der Waals surface area contributed by atoms with E-state index in [0.29, 0.717) is 12.8 Å². The van der Waals surface area contributed by atoms with E-state index in [9.17, 15) is 14.4 Å². The molecule has 1 heterocycles. The van der Waals surface area contributed by atoms with Crippen LogP contribution in [0.3, 0.4) is 0 Å². The van der Waals surface area contributed by atoms with Gasteiger partial charge in [0.1, 0.15) is 5.60 Å². The standard InChI is InChI=1S/C19H33NO5/c1-13(2)11-19(24-14(21)12-17(3,4)5)9-10-20(15(19)22)16(23)25-18(6,7)8/h13H,9-12H2,1-8H3. The first-order valence-electron chi connectivity index (χ1n) is 8.92. The van der Waals surface area contributed by atoms with Crippen LogP contribution in [0.2, 0.25) is 0 Å². The van der Waals surface area contributed by atoms with Crippen molar-refractivity contribution < 1.29 is 23.9 Å². The summed E-state index contributed by atoms with van der Waals surface area (Å²) in [5, 5.41) is 0. The van der Waals surface area contributed by atoms with Crippen LogP contribution in [0, 0.1) is 11.3 Å². The fourth-order valence-electron chi connectivity index (χ4n) is 2.91. The molecule has 2 amide bonds. The molecule has 0 aromatic heterocycles. The normalized spacial score (nSPS) is 21.6. The Morgan fingerprint density at radius 3 is 2.16 bits per heavy atom. The van der Waals surface area contributed by atoms with E-state index in [2.05, 4.69) is 0 Å². The van der Waals surface area contributed by atoms with Gasteiger partial charge in [0.2, 0.25) is 0 Å². The summed E-state index contributed by atoms with van der Waals surface area (Å²) in [7, 11) is 0. The van der Waals surface area contributed by atoms with Gasteiger partial charge in [-0.25, -0.2) is 9.69 Å². The third kappa shape index (κ3) is 6.33. The van der Waals surface area contributed by atoms with Crippen molar-refractivity contribution in [3.8, 4) is 0 Å². The second kappa shape index (κ2) is 7.34. The number of carbonyl (C=O) groups excluding carboxylic acids is 3. The summed E-state index contributed by atoms with van der Waals surface area (Å²) in [4.78, 5) is 38.7. The van der Waals surface area contributed by atoms with Crippen molar-refractivity contribution in [3.05, 3.63) is 0 Å². The molecule has 0 aliphatic carbocycles. The van der Waals surface area contributed by atoms with E-state index in [4.69, 9.17) is 9.47 Å². The van der Waals surface area contributed by atoms with E-state index >= 15 is 0 Å². The zero-order chi connectivity index (χ0) is 19.6. The number of hydrogen-bond donors (Lipinski definition) is 0. The number of hydrogen-bond acceptors (Lipinski definition) is 5. The fourth-order valence-corrected chi connectivity index (χ4v) is 2.91. The molecule has 0 bridgehead atoms. The molecule has 0 saturated carbocycles. The van der Waals surface area contributed by atoms with E-state index < -0.39 is 29.2 Å². The molecule has 1 aliphatic rings. The van der Waals surface area contributed by atoms with Crippen LogP contribution in [0.4, 0.5) is 4.79 Å². The Balaban J connectivity index is 2.98. The SMILES string of the molecule is CC(C)CC1(OC(=O)CC(C)(C)C)CCN(C(=O)OC(C)(C)C)C1=O. The highest BCUT2D eigenvalue weighted by atomic mass is 16.6. The molecule has 1 unspecified atom stereocenters. The molecule has 25 heavy (non-hydrogen) atoms. The molecule has 6 nitrogen and oxygen atoms in total. The molecule has 0 N–H and O–H groups in total. The molecule has 6 heteroatoms. The first-order chi connectivity index (χ1) is 11.2. The summed E-state index contributed by atoms with van der Waals surface area (Å²) in [6, 6.07) is 0. The van der Waals surface area contributed by atoms with Gasteiger partial charge in [-0.2, -0.15) is 0 Å². The maximum atomic E-state index is 12.9. The van der Waals surface area contributed by atoms with Gasteiger partial charge in [0.25, 0.3) is 5.91 Å². The number of esters is 1. The molecule has 0 spiro atoms. The van der Waals surface area contributed by atoms with Gasteiger partial charge in [0.15, 0.2) is 5.60 Å². The van der Waals surface area contributed by atoms with Gasteiger partial charge in [-0.1, -0.05) is 34.6 Å². The van der Waals surface area contributed by atoms with Gasteiger partial charge in [0, 0.05) is 13.0 Å². The Labute approximate surface area is 151 Å². The van der Waals surface area contributed by atoms with E-state index in [-0.39, 0.29) is 24.3 Å². The van der Waals surface area contributed by atoms with Crippen molar-refractivity contribution >= 4 is 18.0 Å². The lowest BCUT2D eigenvalue weighted by atomic mass is 9.89. The second-order valence-electron chi connectivity index (χ2n) is 9.49. The largest absolute Gasteiger partial charge is 0.449 e. The molecular weight excluding hydrogens is 322 g/mol. The lowest BCUT2D eigenvalue weighted by Crippen LogP contribution is -2.47. The van der Waals surface area contributed by atoms with Crippen LogP contribution in [-0.2, 0) is 19.1 Å². The summed E-state index contributed by atoms with van der Waals surface area (Å²) in [6.45, 7) is 15.2. The van der Waals surface area contributed by atoms with E-state index in [1.54, 1.807) is 20.8 Å². The quantitative estimate of drug-likeness (QED) is 0.715. The smallest absolute Gasteiger partial charge is 0.417 e. The highest BCUT2D eigenvalue weighted by molar-refractivity contribution is 6.00. The maximum Gasteiger partial charge on any atom is 0.417 e. The topological polar surface area (TPSA) is 72.9 Å². The van der Waals surface area contributed by atoms with Gasteiger partial charge < -0.3 is 9.47 Å². The highest BCUT2D eigenvalue weighted by Gasteiger charge is 2.53. The molecule has 0 radical (unpaired) electrons. The Hall–Kier alpha value is -1.59. The zero-order valence-corrected chi connectivity index (χ0v) is 16.9. The van der Waals surface area contributed by atoms with Crippen LogP contribution in [0.1, 0.15) is 74.7 Å². The minimum Gasteiger partial charge on any atom is -0.449 e. The number of ether oxygens (including phenoxy) is 2. The van der Waals surface area contributed by atoms with Gasteiger partial charge in [-0.05, 0) is 38.5 Å². The van der Waals surface area contributed by atoms with Crippen molar-refractivity contribution in [2.45, 2.75) is 85.9 Å². The van der Waals surface area contributed by atoms with Gasteiger partial charge in [-0.15, -0.1) is 0 Å². The molecule has 144 valence electrons. The minimum absolute atomic E-state index is 0.143. The predicted molar refractivity (Wildman–Crippen MR) is 94.9 cm³/mol. The fraction of sp³-hybridized carbons (Fsp3) is 0.842. The first-order valence-corrected chi connectivity index (χ1v) is 8.92. The molecule has 1 aliphatic heterocycles. The molecular formula is C19H33NO5. The van der Waals surface area contributed by atoms with Crippen LogP contribution in [-0.4, -0.2) is 40.6 Å². The predicted octanol–water partition coefficient (Wildman–Crippen LogP) is 3.92. The van der Waals surface area contributed by atoms with Crippen molar-refractivity contribution in [2.24, 2.45) is 11.3 Å². The molecule has 1 atom stereocenters. The second-order valence-corrected chi connectivity index (χ2v) is 9.49. The Morgan fingerprint density at radius 2 is 1.72 bits per heavy atom. The zero-order valence-electron chi connectivity index (χ0n) is 16.9. The van der Waals surface area contributed by atoms with Gasteiger partial charge >= 0.3 is 12.1 Å². The van der Waals surface area contributed by atoms with Crippen molar-refractivity contribution in [3.63, 3.8) is 0 Å². The third-order valence-corrected chi connectivity index (χ3v) is 3.71. The lowest BCUT2D eigenvalue weighted by molar-refractivity contribution is -0.171. The number of carbonyl (C=O) groups is 3. The molecule has 1 saturated heterocycles. The minimum atomic E-state index is -1.27. The summed E-state index contributed by atoms with van der Waals surface area (Å²) < 4.78 is 11.0. The number of imide groups is 1. The molecule has 1 fully saturated rings. The highest BCUT2D eigenvalue weighted by Crippen LogP contribution is 2.35. The van der Waals surface area contributed by atoms with Crippen molar-refractivity contribution in [1.29, 1.82) is 0 Å². The van der Waals surface area contributed by atoms with Crippen LogP contribution in [0.25, 0.3) is 0 Å². The van der Waals surface area contributed by atoms with E-state index in [1.807, 2.05) is 34.6 Å². The Bertz CT molecular complexity index is 527. The summed E-state index contributed by atoms with van der Waals surface area (Å²) >= 11 is 0. The van der Waals surface area contributed by atoms with Gasteiger partial charge in [-0.3, -0.25) is 9.59 Å². The van der Waals surface area contributed by atoms with E-state index in [0.717, 1.165) is 4.90 Å². The molecule has 1 rings (SSSR count). The molecule has 0 aromatic carbocycles. The van der Waals surface area contributed by atoms with E-state index in [1.165, 1.54) is 0 Å². The average molecular weight is 355 g/mol. The Morgan fingerprint density at radius 1 is 1.16 bits per heavy atom. The molecule has 0 aromatic rings. The van der Waals surface area contributed by atoms with Crippen molar-refractivity contribution in [1.82, 2.24) is 4.90 Å².